The van der Waals surface area contributed by atoms with E-state index in [1.807, 2.05) is 11.0 Å². The molecule has 3 rings (SSSR count). The van der Waals surface area contributed by atoms with Crippen molar-refractivity contribution in [3.8, 4) is 5.75 Å². The highest BCUT2D eigenvalue weighted by Gasteiger charge is 2.29. The first-order chi connectivity index (χ1) is 12.9. The summed E-state index contributed by atoms with van der Waals surface area (Å²) in [5, 5.41) is 10.4. The van der Waals surface area contributed by atoms with Crippen LogP contribution in [0.5, 0.6) is 5.75 Å². The molecule has 5 nitrogen and oxygen atoms in total. The molecule has 1 heterocycles. The smallest absolute Gasteiger partial charge is 0.337 e. The molecular formula is C20H21F2NO4. The summed E-state index contributed by atoms with van der Waals surface area (Å²) in [5.41, 5.74) is 1.40. The van der Waals surface area contributed by atoms with Crippen molar-refractivity contribution in [3.63, 3.8) is 0 Å². The Kier molecular flexibility index (Phi) is 6.03. The zero-order chi connectivity index (χ0) is 19.4. The van der Waals surface area contributed by atoms with E-state index in [2.05, 4.69) is 0 Å². The Hall–Kier alpha value is -2.51. The van der Waals surface area contributed by atoms with Crippen LogP contribution < -0.4 is 4.74 Å². The maximum absolute atomic E-state index is 13.3. The summed E-state index contributed by atoms with van der Waals surface area (Å²) >= 11 is 0. The third-order valence-electron chi connectivity index (χ3n) is 4.48. The first-order valence-corrected chi connectivity index (χ1v) is 8.65. The predicted octanol–water partition coefficient (Wildman–Crippen LogP) is 2.77. The van der Waals surface area contributed by atoms with Gasteiger partial charge in [0.2, 0.25) is 0 Å². The van der Waals surface area contributed by atoms with Crippen molar-refractivity contribution in [1.29, 1.82) is 0 Å². The summed E-state index contributed by atoms with van der Waals surface area (Å²) in [7, 11) is 1.33. The van der Waals surface area contributed by atoms with Crippen LogP contribution in [0.4, 0.5) is 8.78 Å². The summed E-state index contributed by atoms with van der Waals surface area (Å²) < 4.78 is 36.8. The molecule has 0 spiro atoms. The first-order valence-electron chi connectivity index (χ1n) is 8.65. The van der Waals surface area contributed by atoms with Gasteiger partial charge in [0.1, 0.15) is 29.6 Å². The second kappa shape index (κ2) is 8.45. The summed E-state index contributed by atoms with van der Waals surface area (Å²) in [6.07, 6.45) is -0.826. The summed E-state index contributed by atoms with van der Waals surface area (Å²) in [6, 6.07) is 10.1. The average Bonchev–Trinajstić information content (AvgIpc) is 2.63. The maximum atomic E-state index is 13.3. The van der Waals surface area contributed by atoms with E-state index in [9.17, 15) is 18.7 Å². The Morgan fingerprint density at radius 3 is 2.63 bits per heavy atom. The molecule has 144 valence electrons. The second-order valence-corrected chi connectivity index (χ2v) is 6.54. The van der Waals surface area contributed by atoms with E-state index in [0.717, 1.165) is 23.8 Å². The summed E-state index contributed by atoms with van der Waals surface area (Å²) in [5.74, 6) is -1.77. The minimum atomic E-state index is -0.797. The molecule has 0 aromatic heterocycles. The number of aliphatic hydroxyl groups is 1. The van der Waals surface area contributed by atoms with Crippen LogP contribution in [-0.2, 0) is 11.3 Å². The maximum Gasteiger partial charge on any atom is 0.337 e. The van der Waals surface area contributed by atoms with Crippen LogP contribution in [0.2, 0.25) is 0 Å². The molecule has 1 aliphatic heterocycles. The van der Waals surface area contributed by atoms with Gasteiger partial charge in [-0.15, -0.1) is 0 Å². The van der Waals surface area contributed by atoms with E-state index in [4.69, 9.17) is 9.47 Å². The molecule has 0 saturated carbocycles. The van der Waals surface area contributed by atoms with Crippen LogP contribution in [0.25, 0.3) is 0 Å². The lowest BCUT2D eigenvalue weighted by molar-refractivity contribution is -0.0277. The zero-order valence-electron chi connectivity index (χ0n) is 14.9. The van der Waals surface area contributed by atoms with Crippen LogP contribution in [0.15, 0.2) is 42.5 Å². The SMILES string of the molecule is COC(=O)c1cccc(CN2CC[C@@H](Oc3cc(F)cc(F)c3)[C@H](O)C2)c1. The molecule has 27 heavy (non-hydrogen) atoms. The quantitative estimate of drug-likeness (QED) is 0.812. The van der Waals surface area contributed by atoms with Crippen LogP contribution in [0.1, 0.15) is 22.3 Å². The van der Waals surface area contributed by atoms with Gasteiger partial charge in [-0.3, -0.25) is 4.90 Å². The highest BCUT2D eigenvalue weighted by Crippen LogP contribution is 2.22. The minimum Gasteiger partial charge on any atom is -0.487 e. The van der Waals surface area contributed by atoms with E-state index in [-0.39, 0.29) is 5.75 Å². The molecule has 0 amide bonds. The number of likely N-dealkylation sites (tertiary alicyclic amines) is 1. The van der Waals surface area contributed by atoms with Crippen molar-refractivity contribution in [2.45, 2.75) is 25.2 Å². The largest absolute Gasteiger partial charge is 0.487 e. The van der Waals surface area contributed by atoms with Gasteiger partial charge in [-0.1, -0.05) is 12.1 Å². The predicted molar refractivity (Wildman–Crippen MR) is 94.5 cm³/mol. The number of halogens is 2. The van der Waals surface area contributed by atoms with Crippen molar-refractivity contribution < 1.29 is 28.2 Å². The normalized spacial score (nSPS) is 20.3. The van der Waals surface area contributed by atoms with Crippen molar-refractivity contribution in [3.05, 3.63) is 65.2 Å². The lowest BCUT2D eigenvalue weighted by Gasteiger charge is -2.36. The fourth-order valence-corrected chi connectivity index (χ4v) is 3.20. The number of carbonyl (C=O) groups is 1. The molecule has 0 radical (unpaired) electrons. The Morgan fingerprint density at radius 1 is 1.22 bits per heavy atom. The Labute approximate surface area is 156 Å². The number of methoxy groups -OCH3 is 1. The molecule has 0 unspecified atom stereocenters. The van der Waals surface area contributed by atoms with Gasteiger partial charge in [-0.05, 0) is 24.1 Å². The van der Waals surface area contributed by atoms with Gasteiger partial charge in [0.05, 0.1) is 12.7 Å². The Bertz CT molecular complexity index is 794. The lowest BCUT2D eigenvalue weighted by atomic mass is 10.0. The zero-order valence-corrected chi connectivity index (χ0v) is 14.9. The third kappa shape index (κ3) is 5.02. The molecule has 7 heteroatoms. The number of piperidine rings is 1. The number of hydrogen-bond donors (Lipinski definition) is 1. The summed E-state index contributed by atoms with van der Waals surface area (Å²) in [6.45, 7) is 1.55. The van der Waals surface area contributed by atoms with Gasteiger partial charge in [0.15, 0.2) is 0 Å². The number of carbonyl (C=O) groups excluding carboxylic acids is 1. The highest BCUT2D eigenvalue weighted by molar-refractivity contribution is 5.89. The van der Waals surface area contributed by atoms with Gasteiger partial charge >= 0.3 is 5.97 Å². The lowest BCUT2D eigenvalue weighted by Crippen LogP contribution is -2.48. The topological polar surface area (TPSA) is 59.0 Å². The van der Waals surface area contributed by atoms with E-state index in [1.54, 1.807) is 18.2 Å². The van der Waals surface area contributed by atoms with Crippen molar-refractivity contribution in [1.82, 2.24) is 4.90 Å². The molecule has 0 aliphatic carbocycles. The minimum absolute atomic E-state index is 0.0655. The summed E-state index contributed by atoms with van der Waals surface area (Å²) in [4.78, 5) is 13.7. The number of β-amino-alcohol motifs (C(OH)–C–C–N with tert-alkyl or cyclic N) is 1. The van der Waals surface area contributed by atoms with Crippen molar-refractivity contribution in [2.75, 3.05) is 20.2 Å². The highest BCUT2D eigenvalue weighted by atomic mass is 19.1. The average molecular weight is 377 g/mol. The fourth-order valence-electron chi connectivity index (χ4n) is 3.20. The number of esters is 1. The standard InChI is InChI=1S/C20H21F2NO4/c1-26-20(25)14-4-2-3-13(7-14)11-23-6-5-19(18(24)12-23)27-17-9-15(21)8-16(22)10-17/h2-4,7-10,18-19,24H,5-6,11-12H2,1H3/t18-,19-/m1/s1. The molecule has 1 N–H and O–H groups in total. The number of rotatable bonds is 5. The Balaban J connectivity index is 1.59. The van der Waals surface area contributed by atoms with Crippen LogP contribution in [-0.4, -0.2) is 48.4 Å². The number of ether oxygens (including phenoxy) is 2. The fraction of sp³-hybridized carbons (Fsp3) is 0.350. The molecular weight excluding hydrogens is 356 g/mol. The van der Waals surface area contributed by atoms with Gasteiger partial charge in [0, 0.05) is 37.8 Å². The number of hydrogen-bond acceptors (Lipinski definition) is 5. The number of nitrogens with zero attached hydrogens (tertiary/aromatic N) is 1. The van der Waals surface area contributed by atoms with Crippen LogP contribution >= 0.6 is 0 Å². The van der Waals surface area contributed by atoms with Gasteiger partial charge < -0.3 is 14.6 Å². The molecule has 1 saturated heterocycles. The van der Waals surface area contributed by atoms with E-state index in [1.165, 1.54) is 7.11 Å². The second-order valence-electron chi connectivity index (χ2n) is 6.54. The van der Waals surface area contributed by atoms with Crippen LogP contribution in [0, 0.1) is 11.6 Å². The van der Waals surface area contributed by atoms with E-state index < -0.39 is 29.8 Å². The van der Waals surface area contributed by atoms with Gasteiger partial charge in [-0.2, -0.15) is 0 Å². The number of benzene rings is 2. The molecule has 2 aromatic rings. The monoisotopic (exact) mass is 377 g/mol. The van der Waals surface area contributed by atoms with E-state index in [0.29, 0.717) is 31.6 Å². The molecule has 0 bridgehead atoms. The van der Waals surface area contributed by atoms with E-state index >= 15 is 0 Å². The first kappa shape index (κ1) is 19.3. The van der Waals surface area contributed by atoms with Gasteiger partial charge in [0.25, 0.3) is 0 Å². The van der Waals surface area contributed by atoms with Crippen LogP contribution in [0.3, 0.4) is 0 Å². The number of aliphatic hydroxyl groups excluding tert-OH is 1. The van der Waals surface area contributed by atoms with Crippen molar-refractivity contribution in [2.24, 2.45) is 0 Å². The molecule has 1 aliphatic rings. The molecule has 2 aromatic carbocycles. The molecule has 2 atom stereocenters. The molecule has 1 fully saturated rings. The Morgan fingerprint density at radius 2 is 1.96 bits per heavy atom. The van der Waals surface area contributed by atoms with Crippen molar-refractivity contribution >= 4 is 5.97 Å². The third-order valence-corrected chi connectivity index (χ3v) is 4.48. The van der Waals surface area contributed by atoms with Gasteiger partial charge in [-0.25, -0.2) is 13.6 Å².